The third-order valence-electron chi connectivity index (χ3n) is 2.52. The molecule has 0 saturated heterocycles. The van der Waals surface area contributed by atoms with Gasteiger partial charge in [-0.05, 0) is 32.9 Å². The summed E-state index contributed by atoms with van der Waals surface area (Å²) < 4.78 is 2.05. The largest absolute Gasteiger partial charge is 0.383 e. The summed E-state index contributed by atoms with van der Waals surface area (Å²) in [6.07, 6.45) is 0. The van der Waals surface area contributed by atoms with Crippen LogP contribution in [0.2, 0.25) is 0 Å². The van der Waals surface area contributed by atoms with Crippen LogP contribution in [0.1, 0.15) is 26.6 Å². The van der Waals surface area contributed by atoms with Crippen LogP contribution < -0.4 is 0 Å². The fourth-order valence-corrected chi connectivity index (χ4v) is 1.86. The zero-order valence-electron chi connectivity index (χ0n) is 9.36. The summed E-state index contributed by atoms with van der Waals surface area (Å²) in [5.74, 6) is 0.728. The van der Waals surface area contributed by atoms with Crippen molar-refractivity contribution in [1.82, 2.24) is 9.55 Å². The highest BCUT2D eigenvalue weighted by Gasteiger charge is 2.23. The molecule has 0 aliphatic carbocycles. The molecule has 3 nitrogen and oxygen atoms in total. The van der Waals surface area contributed by atoms with Gasteiger partial charge in [0.1, 0.15) is 11.4 Å². The lowest BCUT2D eigenvalue weighted by Crippen LogP contribution is -2.21. The van der Waals surface area contributed by atoms with Crippen LogP contribution in [0, 0.1) is 0 Å². The highest BCUT2D eigenvalue weighted by atomic mass is 16.3. The molecule has 0 saturated carbocycles. The molecule has 0 spiro atoms. The summed E-state index contributed by atoms with van der Waals surface area (Å²) in [4.78, 5) is 4.47. The highest BCUT2D eigenvalue weighted by Crippen LogP contribution is 2.24. The van der Waals surface area contributed by atoms with E-state index in [9.17, 15) is 5.11 Å². The van der Waals surface area contributed by atoms with Gasteiger partial charge in [-0.2, -0.15) is 0 Å². The summed E-state index contributed by atoms with van der Waals surface area (Å²) in [6.45, 7) is 6.41. The van der Waals surface area contributed by atoms with Gasteiger partial charge in [0.25, 0.3) is 0 Å². The van der Waals surface area contributed by atoms with E-state index >= 15 is 0 Å². The Morgan fingerprint density at radius 1 is 1.33 bits per heavy atom. The number of aliphatic hydroxyl groups is 1. The van der Waals surface area contributed by atoms with Crippen molar-refractivity contribution in [3.8, 4) is 0 Å². The van der Waals surface area contributed by atoms with E-state index in [4.69, 9.17) is 0 Å². The molecule has 15 heavy (non-hydrogen) atoms. The molecule has 0 radical (unpaired) electrons. The summed E-state index contributed by atoms with van der Waals surface area (Å²) in [5, 5.41) is 10.0. The molecule has 0 atom stereocenters. The molecule has 2 rings (SSSR count). The average molecular weight is 204 g/mol. The van der Waals surface area contributed by atoms with E-state index in [-0.39, 0.29) is 0 Å². The molecular weight excluding hydrogens is 188 g/mol. The number of imidazole rings is 1. The standard InChI is InChI=1S/C12H16N2O/c1-4-14-10-8-6-5-7-9(10)13-11(14)12(2,3)15/h5-8,15H,4H2,1-3H3. The van der Waals surface area contributed by atoms with Gasteiger partial charge in [-0.15, -0.1) is 0 Å². The normalized spacial score (nSPS) is 12.3. The number of nitrogens with zero attached hydrogens (tertiary/aromatic N) is 2. The Morgan fingerprint density at radius 3 is 2.60 bits per heavy atom. The molecule has 0 fully saturated rings. The molecule has 1 heterocycles. The number of hydrogen-bond donors (Lipinski definition) is 1. The van der Waals surface area contributed by atoms with Crippen LogP contribution in [0.4, 0.5) is 0 Å². The number of aryl methyl sites for hydroxylation is 1. The van der Waals surface area contributed by atoms with Crippen molar-refractivity contribution in [2.45, 2.75) is 32.9 Å². The summed E-state index contributed by atoms with van der Waals surface area (Å²) in [5.41, 5.74) is 1.13. The van der Waals surface area contributed by atoms with E-state index in [1.54, 1.807) is 13.8 Å². The van der Waals surface area contributed by atoms with E-state index in [1.807, 2.05) is 24.3 Å². The van der Waals surface area contributed by atoms with Gasteiger partial charge >= 0.3 is 0 Å². The van der Waals surface area contributed by atoms with E-state index in [0.717, 1.165) is 23.4 Å². The molecule has 0 bridgehead atoms. The zero-order valence-corrected chi connectivity index (χ0v) is 9.36. The second kappa shape index (κ2) is 3.35. The van der Waals surface area contributed by atoms with Gasteiger partial charge in [0.05, 0.1) is 11.0 Å². The maximum atomic E-state index is 10.0. The van der Waals surface area contributed by atoms with Gasteiger partial charge in [-0.1, -0.05) is 12.1 Å². The van der Waals surface area contributed by atoms with E-state index < -0.39 is 5.60 Å². The van der Waals surface area contributed by atoms with Crippen molar-refractivity contribution < 1.29 is 5.11 Å². The van der Waals surface area contributed by atoms with E-state index in [2.05, 4.69) is 16.5 Å². The summed E-state index contributed by atoms with van der Waals surface area (Å²) in [6, 6.07) is 7.95. The van der Waals surface area contributed by atoms with Crippen LogP contribution in [0.5, 0.6) is 0 Å². The molecule has 1 N–H and O–H groups in total. The van der Waals surface area contributed by atoms with Crippen LogP contribution in [0.3, 0.4) is 0 Å². The predicted molar refractivity (Wildman–Crippen MR) is 60.7 cm³/mol. The Morgan fingerprint density at radius 2 is 2.00 bits per heavy atom. The summed E-state index contributed by atoms with van der Waals surface area (Å²) >= 11 is 0. The molecular formula is C12H16N2O. The monoisotopic (exact) mass is 204 g/mol. The Labute approximate surface area is 89.4 Å². The molecule has 3 heteroatoms. The maximum absolute atomic E-state index is 10.0. The minimum atomic E-state index is -0.894. The second-order valence-electron chi connectivity index (χ2n) is 4.23. The molecule has 0 unspecified atom stereocenters. The quantitative estimate of drug-likeness (QED) is 0.815. The number of fused-ring (bicyclic) bond motifs is 1. The van der Waals surface area contributed by atoms with E-state index in [1.165, 1.54) is 0 Å². The summed E-state index contributed by atoms with van der Waals surface area (Å²) in [7, 11) is 0. The lowest BCUT2D eigenvalue weighted by molar-refractivity contribution is 0.0654. The first-order valence-electron chi connectivity index (χ1n) is 5.22. The van der Waals surface area contributed by atoms with Crippen LogP contribution in [-0.4, -0.2) is 14.7 Å². The molecule has 2 aromatic rings. The lowest BCUT2D eigenvalue weighted by Gasteiger charge is -2.17. The van der Waals surface area contributed by atoms with Crippen molar-refractivity contribution in [3.63, 3.8) is 0 Å². The first-order chi connectivity index (χ1) is 7.04. The Balaban J connectivity index is 2.75. The van der Waals surface area contributed by atoms with Gasteiger partial charge in [-0.3, -0.25) is 0 Å². The third kappa shape index (κ3) is 1.63. The van der Waals surface area contributed by atoms with Gasteiger partial charge in [0.15, 0.2) is 0 Å². The van der Waals surface area contributed by atoms with Crippen LogP contribution in [0.25, 0.3) is 11.0 Å². The number of hydrogen-bond acceptors (Lipinski definition) is 2. The molecule has 80 valence electrons. The van der Waals surface area contributed by atoms with Crippen molar-refractivity contribution >= 4 is 11.0 Å². The number of para-hydroxylation sites is 2. The van der Waals surface area contributed by atoms with E-state index in [0.29, 0.717) is 0 Å². The Kier molecular flexibility index (Phi) is 2.27. The Hall–Kier alpha value is -1.35. The van der Waals surface area contributed by atoms with Gasteiger partial charge in [0.2, 0.25) is 0 Å². The van der Waals surface area contributed by atoms with Gasteiger partial charge < -0.3 is 9.67 Å². The van der Waals surface area contributed by atoms with Gasteiger partial charge in [-0.25, -0.2) is 4.98 Å². The first-order valence-corrected chi connectivity index (χ1v) is 5.22. The van der Waals surface area contributed by atoms with Crippen LogP contribution in [-0.2, 0) is 12.1 Å². The predicted octanol–water partition coefficient (Wildman–Crippen LogP) is 2.28. The topological polar surface area (TPSA) is 38.0 Å². The van der Waals surface area contributed by atoms with Crippen LogP contribution in [0.15, 0.2) is 24.3 Å². The molecule has 0 aliphatic heterocycles. The fraction of sp³-hybridized carbons (Fsp3) is 0.417. The van der Waals surface area contributed by atoms with Gasteiger partial charge in [0, 0.05) is 6.54 Å². The fourth-order valence-electron chi connectivity index (χ4n) is 1.86. The minimum absolute atomic E-state index is 0.728. The van der Waals surface area contributed by atoms with Crippen molar-refractivity contribution in [3.05, 3.63) is 30.1 Å². The molecule has 0 aliphatic rings. The smallest absolute Gasteiger partial charge is 0.141 e. The molecule has 1 aromatic carbocycles. The number of rotatable bonds is 2. The minimum Gasteiger partial charge on any atom is -0.383 e. The first kappa shape index (κ1) is 10.2. The van der Waals surface area contributed by atoms with Crippen molar-refractivity contribution in [2.75, 3.05) is 0 Å². The lowest BCUT2D eigenvalue weighted by atomic mass is 10.1. The zero-order chi connectivity index (χ0) is 11.1. The Bertz CT molecular complexity index is 480. The molecule has 1 aromatic heterocycles. The third-order valence-corrected chi connectivity index (χ3v) is 2.52. The SMILES string of the molecule is CCn1c(C(C)(C)O)nc2ccccc21. The van der Waals surface area contributed by atoms with Crippen molar-refractivity contribution in [1.29, 1.82) is 0 Å². The number of benzene rings is 1. The average Bonchev–Trinajstić information content (AvgIpc) is 2.55. The highest BCUT2D eigenvalue weighted by molar-refractivity contribution is 5.76. The van der Waals surface area contributed by atoms with Crippen molar-refractivity contribution in [2.24, 2.45) is 0 Å². The molecule has 0 amide bonds. The van der Waals surface area contributed by atoms with Crippen LogP contribution >= 0.6 is 0 Å². The second-order valence-corrected chi connectivity index (χ2v) is 4.23. The number of aromatic nitrogens is 2. The maximum Gasteiger partial charge on any atom is 0.141 e.